The summed E-state index contributed by atoms with van der Waals surface area (Å²) in [7, 11) is 3.13. The van der Waals surface area contributed by atoms with Crippen molar-refractivity contribution in [3.05, 3.63) is 71.8 Å². The smallest absolute Gasteiger partial charge is 0.431 e. The van der Waals surface area contributed by atoms with Gasteiger partial charge in [0.2, 0.25) is 0 Å². The van der Waals surface area contributed by atoms with E-state index in [9.17, 15) is 9.59 Å². The summed E-state index contributed by atoms with van der Waals surface area (Å²) in [4.78, 5) is 31.6. The number of imidazole rings is 1. The monoisotopic (exact) mass is 463 g/mol. The number of rotatable bonds is 8. The van der Waals surface area contributed by atoms with E-state index in [1.165, 1.54) is 17.5 Å². The summed E-state index contributed by atoms with van der Waals surface area (Å²) in [6, 6.07) is 12.6. The number of ether oxygens (including phenoxy) is 3. The van der Waals surface area contributed by atoms with Gasteiger partial charge in [0.05, 0.1) is 27.1 Å². The van der Waals surface area contributed by atoms with Crippen molar-refractivity contribution in [3.8, 4) is 11.5 Å². The first-order valence-electron chi connectivity index (χ1n) is 10.7. The maximum absolute atomic E-state index is 12.7. The van der Waals surface area contributed by atoms with Gasteiger partial charge >= 0.3 is 6.09 Å². The number of carbonyl (C=O) groups excluding carboxylic acids is 2. The van der Waals surface area contributed by atoms with Crippen LogP contribution in [0.25, 0.3) is 0 Å². The second kappa shape index (κ2) is 10.1. The Balaban J connectivity index is 1.58. The van der Waals surface area contributed by atoms with Gasteiger partial charge in [-0.1, -0.05) is 19.1 Å². The average molecular weight is 463 g/mol. The number of amides is 2. The van der Waals surface area contributed by atoms with Crippen molar-refractivity contribution in [2.45, 2.75) is 26.0 Å². The number of anilines is 1. The number of benzene rings is 2. The number of nitrogens with zero attached hydrogens (tertiary/aromatic N) is 3. The number of H-pyrrole nitrogens is 1. The second-order valence-corrected chi connectivity index (χ2v) is 7.50. The Morgan fingerprint density at radius 2 is 2.00 bits per heavy atom. The van der Waals surface area contributed by atoms with E-state index in [1.807, 2.05) is 25.1 Å². The maximum Gasteiger partial charge on any atom is 0.431 e. The number of hydrazone groups is 1. The zero-order valence-corrected chi connectivity index (χ0v) is 19.1. The molecule has 0 saturated carbocycles. The molecule has 34 heavy (non-hydrogen) atoms. The molecule has 0 spiro atoms. The van der Waals surface area contributed by atoms with Crippen LogP contribution in [0.2, 0.25) is 0 Å². The van der Waals surface area contributed by atoms with Gasteiger partial charge in [0.15, 0.2) is 11.5 Å². The second-order valence-electron chi connectivity index (χ2n) is 7.50. The zero-order chi connectivity index (χ0) is 24.1. The predicted octanol–water partition coefficient (Wildman–Crippen LogP) is 3.81. The van der Waals surface area contributed by atoms with E-state index in [1.54, 1.807) is 38.5 Å². The zero-order valence-electron chi connectivity index (χ0n) is 19.1. The van der Waals surface area contributed by atoms with Crippen molar-refractivity contribution in [1.82, 2.24) is 15.0 Å². The topological polar surface area (TPSA) is 118 Å². The number of methoxy groups -OCH3 is 2. The number of nitrogens with one attached hydrogen (secondary N) is 2. The van der Waals surface area contributed by atoms with Crippen LogP contribution >= 0.6 is 0 Å². The van der Waals surface area contributed by atoms with Gasteiger partial charge in [0, 0.05) is 17.4 Å². The fourth-order valence-electron chi connectivity index (χ4n) is 3.59. The minimum atomic E-state index is -0.540. The summed E-state index contributed by atoms with van der Waals surface area (Å²) in [5.41, 5.74) is 3.00. The van der Waals surface area contributed by atoms with Gasteiger partial charge in [-0.15, -0.1) is 0 Å². The van der Waals surface area contributed by atoms with Gasteiger partial charge < -0.3 is 24.5 Å². The maximum atomic E-state index is 12.7. The van der Waals surface area contributed by atoms with E-state index in [0.29, 0.717) is 29.3 Å². The number of cyclic esters (lactones) is 1. The van der Waals surface area contributed by atoms with Crippen LogP contribution in [-0.2, 0) is 11.3 Å². The molecule has 0 radical (unpaired) electrons. The van der Waals surface area contributed by atoms with Gasteiger partial charge in [0.25, 0.3) is 5.91 Å². The molecule has 4 rings (SSSR count). The van der Waals surface area contributed by atoms with Crippen LogP contribution < -0.4 is 14.8 Å². The number of hydrogen-bond acceptors (Lipinski definition) is 7. The third-order valence-electron chi connectivity index (χ3n) is 5.29. The number of carbonyl (C=O) groups is 2. The molecule has 176 valence electrons. The summed E-state index contributed by atoms with van der Waals surface area (Å²) < 4.78 is 16.4. The normalized spacial score (nSPS) is 15.4. The Labute approximate surface area is 196 Å². The van der Waals surface area contributed by atoms with Crippen molar-refractivity contribution in [2.24, 2.45) is 5.10 Å². The quantitative estimate of drug-likeness (QED) is 0.524. The van der Waals surface area contributed by atoms with Crippen molar-refractivity contribution >= 4 is 23.4 Å². The Kier molecular flexibility index (Phi) is 6.77. The lowest BCUT2D eigenvalue weighted by atomic mass is 10.0. The molecule has 10 nitrogen and oxygen atoms in total. The van der Waals surface area contributed by atoms with E-state index < -0.39 is 12.2 Å². The van der Waals surface area contributed by atoms with Crippen LogP contribution in [0, 0.1) is 0 Å². The number of hydrogen-bond donors (Lipinski definition) is 2. The molecule has 1 unspecified atom stereocenters. The molecule has 0 saturated heterocycles. The molecular formula is C24H25N5O5. The SMILES string of the molecule is CCC1OC(=O)N(Cc2cccc(NC(=O)c3c[nH]cn3)c2)N=C1c1ccc(OC)c(OC)c1. The highest BCUT2D eigenvalue weighted by atomic mass is 16.6. The molecule has 10 heteroatoms. The highest BCUT2D eigenvalue weighted by Gasteiger charge is 2.31. The first-order chi connectivity index (χ1) is 16.5. The van der Waals surface area contributed by atoms with Crippen LogP contribution in [0.5, 0.6) is 11.5 Å². The van der Waals surface area contributed by atoms with Crippen LogP contribution in [0.4, 0.5) is 10.5 Å². The molecule has 1 aromatic heterocycles. The fraction of sp³-hybridized carbons (Fsp3) is 0.250. The van der Waals surface area contributed by atoms with Crippen LogP contribution in [0.15, 0.2) is 60.1 Å². The minimum absolute atomic E-state index is 0.165. The molecule has 3 aromatic rings. The predicted molar refractivity (Wildman–Crippen MR) is 125 cm³/mol. The summed E-state index contributed by atoms with van der Waals surface area (Å²) in [6.07, 6.45) is 2.49. The number of aromatic nitrogens is 2. The molecule has 0 fully saturated rings. The van der Waals surface area contributed by atoms with Crippen LogP contribution in [0.3, 0.4) is 0 Å². The molecule has 0 bridgehead atoms. The van der Waals surface area contributed by atoms with Gasteiger partial charge in [-0.3, -0.25) is 4.79 Å². The fourth-order valence-corrected chi connectivity index (χ4v) is 3.59. The first kappa shape index (κ1) is 22.8. The minimum Gasteiger partial charge on any atom is -0.493 e. The molecule has 2 N–H and O–H groups in total. The van der Waals surface area contributed by atoms with Crippen LogP contribution in [-0.4, -0.2) is 53.0 Å². The van der Waals surface area contributed by atoms with Crippen molar-refractivity contribution in [3.63, 3.8) is 0 Å². The first-order valence-corrected chi connectivity index (χ1v) is 10.7. The van der Waals surface area contributed by atoms with Gasteiger partial charge in [-0.2, -0.15) is 10.1 Å². The largest absolute Gasteiger partial charge is 0.493 e. The average Bonchev–Trinajstić information content (AvgIpc) is 3.40. The van der Waals surface area contributed by atoms with Crippen molar-refractivity contribution < 1.29 is 23.8 Å². The van der Waals surface area contributed by atoms with E-state index in [-0.39, 0.29) is 18.1 Å². The lowest BCUT2D eigenvalue weighted by Crippen LogP contribution is -2.41. The Morgan fingerprint density at radius 1 is 1.18 bits per heavy atom. The van der Waals surface area contributed by atoms with Gasteiger partial charge in [-0.25, -0.2) is 9.78 Å². The Morgan fingerprint density at radius 3 is 2.71 bits per heavy atom. The highest BCUT2D eigenvalue weighted by molar-refractivity contribution is 6.06. The van der Waals surface area contributed by atoms with E-state index >= 15 is 0 Å². The Hall–Kier alpha value is -4.34. The molecule has 2 amide bonds. The van der Waals surface area contributed by atoms with E-state index in [4.69, 9.17) is 14.2 Å². The van der Waals surface area contributed by atoms with Gasteiger partial charge in [0.1, 0.15) is 17.5 Å². The molecule has 2 aromatic carbocycles. The molecular weight excluding hydrogens is 438 g/mol. The molecule has 0 aliphatic carbocycles. The number of aromatic amines is 1. The summed E-state index contributed by atoms with van der Waals surface area (Å²) in [6.45, 7) is 2.09. The van der Waals surface area contributed by atoms with Gasteiger partial charge in [-0.05, 0) is 42.3 Å². The molecule has 1 aliphatic heterocycles. The third kappa shape index (κ3) is 4.85. The summed E-state index contributed by atoms with van der Waals surface area (Å²) >= 11 is 0. The Bertz CT molecular complexity index is 1210. The standard InChI is InChI=1S/C24H25N5O5/c1-4-19-22(16-8-9-20(32-2)21(11-16)33-3)28-29(24(31)34-19)13-15-6-5-7-17(10-15)27-23(30)18-12-25-14-26-18/h5-12,14,19H,4,13H2,1-3H3,(H,25,26)(H,27,30). The summed E-state index contributed by atoms with van der Waals surface area (Å²) in [5.74, 6) is 0.815. The van der Waals surface area contributed by atoms with Crippen molar-refractivity contribution in [2.75, 3.05) is 19.5 Å². The highest BCUT2D eigenvalue weighted by Crippen LogP contribution is 2.30. The van der Waals surface area contributed by atoms with E-state index in [0.717, 1.165) is 11.1 Å². The molecule has 1 aliphatic rings. The lowest BCUT2D eigenvalue weighted by Gasteiger charge is -2.29. The molecule has 2 heterocycles. The van der Waals surface area contributed by atoms with E-state index in [2.05, 4.69) is 20.4 Å². The molecule has 1 atom stereocenters. The summed E-state index contributed by atoms with van der Waals surface area (Å²) in [5, 5.41) is 8.68. The van der Waals surface area contributed by atoms with Crippen molar-refractivity contribution in [1.29, 1.82) is 0 Å². The lowest BCUT2D eigenvalue weighted by molar-refractivity contribution is 0.0712. The van der Waals surface area contributed by atoms with Crippen LogP contribution in [0.1, 0.15) is 35.0 Å². The third-order valence-corrected chi connectivity index (χ3v) is 5.29.